The van der Waals surface area contributed by atoms with Crippen LogP contribution in [0.25, 0.3) is 10.2 Å². The summed E-state index contributed by atoms with van der Waals surface area (Å²) < 4.78 is 30.2. The van der Waals surface area contributed by atoms with Crippen LogP contribution in [0.1, 0.15) is 56.4 Å². The number of hydrogen-bond donors (Lipinski definition) is 2. The van der Waals surface area contributed by atoms with Gasteiger partial charge in [-0.2, -0.15) is 0 Å². The first-order chi connectivity index (χ1) is 24.4. The number of aryl methyl sites for hydroxylation is 1. The molecule has 1 fully saturated rings. The van der Waals surface area contributed by atoms with Crippen molar-refractivity contribution in [2.24, 2.45) is 0 Å². The van der Waals surface area contributed by atoms with Gasteiger partial charge in [0.2, 0.25) is 5.91 Å². The van der Waals surface area contributed by atoms with Gasteiger partial charge in [0.1, 0.15) is 28.5 Å². The Kier molecular flexibility index (Phi) is 10.8. The zero-order valence-electron chi connectivity index (χ0n) is 28.9. The lowest BCUT2D eigenvalue weighted by Crippen LogP contribution is -2.65. The van der Waals surface area contributed by atoms with Gasteiger partial charge < -0.3 is 19.6 Å². The molecular formula is C38H41BrFN3O6SSi. The number of halogens is 2. The van der Waals surface area contributed by atoms with Gasteiger partial charge in [-0.1, -0.05) is 74.5 Å². The maximum Gasteiger partial charge on any atom is 0.332 e. The zero-order chi connectivity index (χ0) is 36.5. The van der Waals surface area contributed by atoms with Gasteiger partial charge in [-0.3, -0.25) is 14.2 Å². The van der Waals surface area contributed by atoms with Gasteiger partial charge in [0.25, 0.3) is 13.9 Å². The zero-order valence-corrected chi connectivity index (χ0v) is 32.4. The standard InChI is InChI=1S/C38H41BrFN3O6SSi/c1-24-32-35(45)43(29-18-20-41-34(29)44)37(46)42(36(32)50-33(24)39)23-31(28-22-25(40)16-17-30(28)48-4)49-21-11-19-38(2,3)51(47,26-12-7-5-8-13-26)27-14-9-6-10-15-27/h5-10,12-17,22,29,31,47H,11,18-21,23H2,1-4H3,(H,41,44)/t29?,31-/m0/s1. The van der Waals surface area contributed by atoms with Crippen LogP contribution >= 0.6 is 27.3 Å². The third kappa shape index (κ3) is 6.89. The molecule has 268 valence electrons. The Morgan fingerprint density at radius 2 is 1.71 bits per heavy atom. The summed E-state index contributed by atoms with van der Waals surface area (Å²) in [6.45, 7) is 6.46. The number of hydrogen-bond acceptors (Lipinski definition) is 7. The number of methoxy groups -OCH3 is 1. The second-order valence-electron chi connectivity index (χ2n) is 13.5. The van der Waals surface area contributed by atoms with Gasteiger partial charge in [0.05, 0.1) is 22.8 Å². The Morgan fingerprint density at radius 3 is 2.29 bits per heavy atom. The predicted molar refractivity (Wildman–Crippen MR) is 204 cm³/mol. The summed E-state index contributed by atoms with van der Waals surface area (Å²) in [5.74, 6) is -0.501. The first kappa shape index (κ1) is 36.9. The van der Waals surface area contributed by atoms with Crippen LogP contribution in [0.15, 0.2) is 92.2 Å². The molecule has 1 aliphatic rings. The average molecular weight is 795 g/mol. The number of thiophene rings is 1. The van der Waals surface area contributed by atoms with Crippen molar-refractivity contribution >= 4 is 62.1 Å². The number of carbonyl (C=O) groups is 1. The lowest BCUT2D eigenvalue weighted by atomic mass is 10.1. The van der Waals surface area contributed by atoms with Crippen LogP contribution in [0.3, 0.4) is 0 Å². The molecular weight excluding hydrogens is 753 g/mol. The Hall–Kier alpha value is -3.88. The van der Waals surface area contributed by atoms with Gasteiger partial charge in [-0.15, -0.1) is 11.3 Å². The minimum atomic E-state index is -3.26. The van der Waals surface area contributed by atoms with Gasteiger partial charge in [-0.25, -0.2) is 13.8 Å². The van der Waals surface area contributed by atoms with Crippen molar-refractivity contribution in [3.05, 3.63) is 120 Å². The summed E-state index contributed by atoms with van der Waals surface area (Å²) in [6, 6.07) is 22.8. The number of benzene rings is 3. The smallest absolute Gasteiger partial charge is 0.332 e. The first-order valence-electron chi connectivity index (χ1n) is 16.9. The molecule has 51 heavy (non-hydrogen) atoms. The molecule has 3 aromatic carbocycles. The lowest BCUT2D eigenvalue weighted by Gasteiger charge is -2.41. The molecule has 2 atom stereocenters. The van der Waals surface area contributed by atoms with E-state index in [2.05, 4.69) is 35.1 Å². The average Bonchev–Trinajstić information content (AvgIpc) is 3.68. The van der Waals surface area contributed by atoms with Crippen LogP contribution < -0.4 is 31.7 Å². The fourth-order valence-corrected chi connectivity index (χ4v) is 12.7. The predicted octanol–water partition coefficient (Wildman–Crippen LogP) is 5.57. The lowest BCUT2D eigenvalue weighted by molar-refractivity contribution is -0.122. The largest absolute Gasteiger partial charge is 0.496 e. The summed E-state index contributed by atoms with van der Waals surface area (Å²) >= 11 is 4.79. The maximum atomic E-state index is 14.8. The van der Waals surface area contributed by atoms with E-state index < -0.39 is 42.6 Å². The topological polar surface area (TPSA) is 112 Å². The molecule has 0 radical (unpaired) electrons. The highest BCUT2D eigenvalue weighted by Crippen LogP contribution is 2.40. The third-order valence-corrected chi connectivity index (χ3v) is 16.8. The van der Waals surface area contributed by atoms with Crippen LogP contribution in [-0.4, -0.2) is 48.4 Å². The van der Waals surface area contributed by atoms with Gasteiger partial charge in [0, 0.05) is 18.7 Å². The highest BCUT2D eigenvalue weighted by Gasteiger charge is 2.49. The second kappa shape index (κ2) is 15.0. The van der Waals surface area contributed by atoms with E-state index in [9.17, 15) is 23.6 Å². The van der Waals surface area contributed by atoms with E-state index in [1.165, 1.54) is 41.2 Å². The molecule has 6 rings (SSSR count). The van der Waals surface area contributed by atoms with Gasteiger partial charge in [0.15, 0.2) is 0 Å². The Morgan fingerprint density at radius 1 is 1.06 bits per heavy atom. The van der Waals surface area contributed by atoms with E-state index in [0.717, 1.165) is 14.9 Å². The molecule has 9 nitrogen and oxygen atoms in total. The number of aromatic nitrogens is 2. The molecule has 2 aromatic heterocycles. The van der Waals surface area contributed by atoms with Crippen LogP contribution in [0.2, 0.25) is 5.04 Å². The summed E-state index contributed by atoms with van der Waals surface area (Å²) in [5, 5.41) is 4.37. The number of amides is 1. The number of ether oxygens (including phenoxy) is 2. The number of nitrogens with zero attached hydrogens (tertiary/aromatic N) is 2. The minimum Gasteiger partial charge on any atom is -0.496 e. The molecule has 0 bridgehead atoms. The minimum absolute atomic E-state index is 0.0771. The van der Waals surface area contributed by atoms with E-state index in [-0.39, 0.29) is 19.1 Å². The van der Waals surface area contributed by atoms with Crippen LogP contribution in [0.4, 0.5) is 4.39 Å². The highest BCUT2D eigenvalue weighted by molar-refractivity contribution is 9.11. The van der Waals surface area contributed by atoms with Crippen molar-refractivity contribution in [3.63, 3.8) is 0 Å². The number of carbonyl (C=O) groups excluding carboxylic acids is 1. The summed E-state index contributed by atoms with van der Waals surface area (Å²) in [6.07, 6.45) is 0.587. The maximum absolute atomic E-state index is 14.8. The SMILES string of the molecule is COc1ccc(F)cc1[C@H](Cn1c(=O)n(C2CCNC2=O)c(=O)c2c(C)c(Br)sc21)OCCCC(C)(C)[Si](O)(c1ccccc1)c1ccccc1. The molecule has 1 saturated heterocycles. The quantitative estimate of drug-likeness (QED) is 0.119. The monoisotopic (exact) mass is 793 g/mol. The molecule has 1 aliphatic heterocycles. The fraction of sp³-hybridized carbons (Fsp3) is 0.342. The van der Waals surface area contributed by atoms with Crippen molar-refractivity contribution in [1.82, 2.24) is 14.5 Å². The van der Waals surface area contributed by atoms with Gasteiger partial charge >= 0.3 is 5.69 Å². The Labute approximate surface area is 308 Å². The van der Waals surface area contributed by atoms with E-state index in [4.69, 9.17) is 9.47 Å². The van der Waals surface area contributed by atoms with Gasteiger partial charge in [-0.05, 0) is 81.3 Å². The molecule has 0 spiro atoms. The Bertz CT molecular complexity index is 2130. The van der Waals surface area contributed by atoms with E-state index >= 15 is 0 Å². The van der Waals surface area contributed by atoms with Crippen LogP contribution in [0.5, 0.6) is 5.75 Å². The molecule has 1 amide bonds. The molecule has 2 N–H and O–H groups in total. The molecule has 0 saturated carbocycles. The number of rotatable bonds is 13. The van der Waals surface area contributed by atoms with E-state index in [0.29, 0.717) is 56.7 Å². The van der Waals surface area contributed by atoms with E-state index in [1.54, 1.807) is 6.92 Å². The number of fused-ring (bicyclic) bond motifs is 1. The van der Waals surface area contributed by atoms with Crippen LogP contribution in [-0.2, 0) is 16.1 Å². The molecule has 5 aromatic rings. The summed E-state index contributed by atoms with van der Waals surface area (Å²) in [5.41, 5.74) is -0.100. The molecule has 1 unspecified atom stereocenters. The molecule has 3 heterocycles. The third-order valence-electron chi connectivity index (χ3n) is 10.0. The molecule has 0 aliphatic carbocycles. The van der Waals surface area contributed by atoms with Crippen molar-refractivity contribution in [2.45, 2.75) is 63.8 Å². The second-order valence-corrected chi connectivity index (χ2v) is 19.8. The fourth-order valence-electron chi connectivity index (χ4n) is 7.19. The molecule has 13 heteroatoms. The Balaban J connectivity index is 1.36. The summed E-state index contributed by atoms with van der Waals surface area (Å²) in [4.78, 5) is 53.8. The van der Waals surface area contributed by atoms with Crippen molar-refractivity contribution in [1.29, 1.82) is 0 Å². The van der Waals surface area contributed by atoms with Crippen molar-refractivity contribution < 1.29 is 23.5 Å². The highest BCUT2D eigenvalue weighted by atomic mass is 79.9. The van der Waals surface area contributed by atoms with Crippen molar-refractivity contribution in [2.75, 3.05) is 20.3 Å². The van der Waals surface area contributed by atoms with Crippen LogP contribution in [0, 0.1) is 12.7 Å². The van der Waals surface area contributed by atoms with Crippen molar-refractivity contribution in [3.8, 4) is 5.75 Å². The number of nitrogens with one attached hydrogen (secondary N) is 1. The normalized spacial score (nSPS) is 15.7. The van der Waals surface area contributed by atoms with E-state index in [1.807, 2.05) is 60.7 Å². The summed E-state index contributed by atoms with van der Waals surface area (Å²) in [7, 11) is -1.78. The first-order valence-corrected chi connectivity index (χ1v) is 20.4.